The van der Waals surface area contributed by atoms with Crippen molar-refractivity contribution in [1.29, 1.82) is 0 Å². The van der Waals surface area contributed by atoms with E-state index >= 15 is 0 Å². The summed E-state index contributed by atoms with van der Waals surface area (Å²) in [6.45, 7) is 3.50. The Morgan fingerprint density at radius 3 is 2.26 bits per heavy atom. The van der Waals surface area contributed by atoms with Crippen molar-refractivity contribution >= 4 is 17.9 Å². The van der Waals surface area contributed by atoms with E-state index in [-0.39, 0.29) is 0 Å². The summed E-state index contributed by atoms with van der Waals surface area (Å²) in [5, 5.41) is 14.1. The van der Waals surface area contributed by atoms with Crippen molar-refractivity contribution in [2.24, 2.45) is 11.7 Å². The fourth-order valence-electron chi connectivity index (χ4n) is 2.17. The van der Waals surface area contributed by atoms with Crippen molar-refractivity contribution in [1.82, 2.24) is 10.6 Å². The molecule has 7 heteroatoms. The van der Waals surface area contributed by atoms with Crippen LogP contribution in [0.5, 0.6) is 0 Å². The van der Waals surface area contributed by atoms with Crippen LogP contribution in [-0.4, -0.2) is 34.6 Å². The van der Waals surface area contributed by atoms with Gasteiger partial charge in [-0.25, -0.2) is 9.59 Å². The van der Waals surface area contributed by atoms with Crippen molar-refractivity contribution in [3.63, 3.8) is 0 Å². The molecule has 0 saturated heterocycles. The quantitative estimate of drug-likeness (QED) is 0.583. The van der Waals surface area contributed by atoms with E-state index in [9.17, 15) is 19.5 Å². The first-order valence-corrected chi connectivity index (χ1v) is 6.38. The van der Waals surface area contributed by atoms with Gasteiger partial charge >= 0.3 is 12.0 Å². The van der Waals surface area contributed by atoms with Crippen LogP contribution in [0.1, 0.15) is 39.5 Å². The van der Waals surface area contributed by atoms with Crippen LogP contribution >= 0.6 is 0 Å². The Kier molecular flexibility index (Phi) is 4.74. The number of carbonyl (C=O) groups is 3. The Balaban J connectivity index is 2.67. The lowest BCUT2D eigenvalue weighted by Gasteiger charge is -2.36. The molecule has 1 fully saturated rings. The largest absolute Gasteiger partial charge is 0.480 e. The van der Waals surface area contributed by atoms with Gasteiger partial charge < -0.3 is 21.5 Å². The van der Waals surface area contributed by atoms with Gasteiger partial charge in [0.15, 0.2) is 0 Å². The monoisotopic (exact) mass is 271 g/mol. The van der Waals surface area contributed by atoms with E-state index in [1.165, 1.54) is 6.92 Å². The SMILES string of the molecule is CC1CCC(NC(=O)NC(C)C(N)=O)(C(=O)O)CC1. The van der Waals surface area contributed by atoms with E-state index in [0.717, 1.165) is 12.8 Å². The highest BCUT2D eigenvalue weighted by Gasteiger charge is 2.42. The summed E-state index contributed by atoms with van der Waals surface area (Å²) in [5.41, 5.74) is 3.79. The number of nitrogens with one attached hydrogen (secondary N) is 2. The fourth-order valence-corrected chi connectivity index (χ4v) is 2.17. The standard InChI is InChI=1S/C12H21N3O4/c1-7-3-5-12(6-4-7,10(17)18)15-11(19)14-8(2)9(13)16/h7-8H,3-6H2,1-2H3,(H2,13,16)(H,17,18)(H2,14,15,19). The lowest BCUT2D eigenvalue weighted by atomic mass is 9.77. The van der Waals surface area contributed by atoms with Crippen molar-refractivity contribution in [3.8, 4) is 0 Å². The van der Waals surface area contributed by atoms with E-state index in [1.54, 1.807) is 0 Å². The lowest BCUT2D eigenvalue weighted by molar-refractivity contribution is -0.146. The molecule has 0 aromatic heterocycles. The molecule has 1 saturated carbocycles. The van der Waals surface area contributed by atoms with Crippen LogP contribution in [-0.2, 0) is 9.59 Å². The zero-order valence-corrected chi connectivity index (χ0v) is 11.2. The van der Waals surface area contributed by atoms with Gasteiger partial charge in [0.2, 0.25) is 5.91 Å². The summed E-state index contributed by atoms with van der Waals surface area (Å²) in [5.74, 6) is -1.25. The predicted octanol–water partition coefficient (Wildman–Crippen LogP) is 0.193. The molecule has 1 rings (SSSR count). The second-order valence-electron chi connectivity index (χ2n) is 5.29. The summed E-state index contributed by atoms with van der Waals surface area (Å²) >= 11 is 0. The van der Waals surface area contributed by atoms with Gasteiger partial charge in [-0.2, -0.15) is 0 Å². The number of amides is 3. The van der Waals surface area contributed by atoms with E-state index in [1.807, 2.05) is 0 Å². The Bertz CT molecular complexity index is 375. The third-order valence-electron chi connectivity index (χ3n) is 3.66. The molecule has 0 radical (unpaired) electrons. The molecule has 19 heavy (non-hydrogen) atoms. The molecule has 1 aliphatic carbocycles. The van der Waals surface area contributed by atoms with E-state index < -0.39 is 29.5 Å². The minimum atomic E-state index is -1.24. The molecule has 5 N–H and O–H groups in total. The Morgan fingerprint density at radius 1 is 1.32 bits per heavy atom. The average Bonchev–Trinajstić information content (AvgIpc) is 2.31. The highest BCUT2D eigenvalue weighted by Crippen LogP contribution is 2.32. The smallest absolute Gasteiger partial charge is 0.329 e. The number of carbonyl (C=O) groups excluding carboxylic acids is 2. The lowest BCUT2D eigenvalue weighted by Crippen LogP contribution is -2.60. The van der Waals surface area contributed by atoms with Gasteiger partial charge in [0.1, 0.15) is 11.6 Å². The summed E-state index contributed by atoms with van der Waals surface area (Å²) in [6, 6.07) is -1.52. The molecule has 0 bridgehead atoms. The van der Waals surface area contributed by atoms with E-state index in [4.69, 9.17) is 5.73 Å². The summed E-state index contributed by atoms with van der Waals surface area (Å²) in [7, 11) is 0. The van der Waals surface area contributed by atoms with Gasteiger partial charge in [0.05, 0.1) is 0 Å². The Hall–Kier alpha value is -1.79. The summed E-state index contributed by atoms with van der Waals surface area (Å²) in [4.78, 5) is 34.0. The van der Waals surface area contributed by atoms with Crippen molar-refractivity contribution in [2.45, 2.75) is 51.1 Å². The first-order valence-electron chi connectivity index (χ1n) is 6.38. The number of primary amides is 1. The van der Waals surface area contributed by atoms with Crippen LogP contribution in [0.25, 0.3) is 0 Å². The third-order valence-corrected chi connectivity index (χ3v) is 3.66. The number of carboxylic acids is 1. The number of urea groups is 1. The van der Waals surface area contributed by atoms with Crippen molar-refractivity contribution < 1.29 is 19.5 Å². The maximum Gasteiger partial charge on any atom is 0.329 e. The summed E-state index contributed by atoms with van der Waals surface area (Å²) < 4.78 is 0. The predicted molar refractivity (Wildman–Crippen MR) is 68.3 cm³/mol. The van der Waals surface area contributed by atoms with Gasteiger partial charge in [-0.3, -0.25) is 4.79 Å². The molecule has 3 amide bonds. The van der Waals surface area contributed by atoms with Gasteiger partial charge in [-0.05, 0) is 38.5 Å². The average molecular weight is 271 g/mol. The molecule has 0 spiro atoms. The molecule has 1 aliphatic rings. The highest BCUT2D eigenvalue weighted by molar-refractivity contribution is 5.89. The minimum Gasteiger partial charge on any atom is -0.480 e. The van der Waals surface area contributed by atoms with Crippen LogP contribution in [0.15, 0.2) is 0 Å². The number of carboxylic acid groups (broad SMARTS) is 1. The Morgan fingerprint density at radius 2 is 1.84 bits per heavy atom. The van der Waals surface area contributed by atoms with Crippen LogP contribution in [0, 0.1) is 5.92 Å². The van der Waals surface area contributed by atoms with E-state index in [2.05, 4.69) is 17.6 Å². The molecule has 1 atom stereocenters. The number of rotatable bonds is 4. The second-order valence-corrected chi connectivity index (χ2v) is 5.29. The molecule has 108 valence electrons. The van der Waals surface area contributed by atoms with Gasteiger partial charge in [-0.1, -0.05) is 6.92 Å². The molecule has 0 aromatic rings. The fraction of sp³-hybridized carbons (Fsp3) is 0.750. The van der Waals surface area contributed by atoms with E-state index in [0.29, 0.717) is 18.8 Å². The second kappa shape index (κ2) is 5.90. The summed E-state index contributed by atoms with van der Waals surface area (Å²) in [6.07, 6.45) is 2.28. The minimum absolute atomic E-state index is 0.391. The first-order chi connectivity index (χ1) is 8.77. The molecule has 1 unspecified atom stereocenters. The third kappa shape index (κ3) is 3.84. The maximum atomic E-state index is 11.7. The van der Waals surface area contributed by atoms with Crippen LogP contribution in [0.2, 0.25) is 0 Å². The van der Waals surface area contributed by atoms with Crippen molar-refractivity contribution in [2.75, 3.05) is 0 Å². The van der Waals surface area contributed by atoms with Crippen LogP contribution in [0.3, 0.4) is 0 Å². The molecular formula is C12H21N3O4. The van der Waals surface area contributed by atoms with Gasteiger partial charge in [0.25, 0.3) is 0 Å². The molecular weight excluding hydrogens is 250 g/mol. The number of hydrogen-bond donors (Lipinski definition) is 4. The van der Waals surface area contributed by atoms with Crippen LogP contribution in [0.4, 0.5) is 4.79 Å². The first kappa shape index (κ1) is 15.3. The number of aliphatic carboxylic acids is 1. The zero-order valence-electron chi connectivity index (χ0n) is 11.2. The number of nitrogens with two attached hydrogens (primary N) is 1. The molecule has 0 aromatic carbocycles. The van der Waals surface area contributed by atoms with Crippen LogP contribution < -0.4 is 16.4 Å². The Labute approximate surface area is 111 Å². The normalized spacial score (nSPS) is 28.2. The molecule has 0 heterocycles. The van der Waals surface area contributed by atoms with Crippen molar-refractivity contribution in [3.05, 3.63) is 0 Å². The number of hydrogen-bond acceptors (Lipinski definition) is 3. The van der Waals surface area contributed by atoms with Gasteiger partial charge in [-0.15, -0.1) is 0 Å². The topological polar surface area (TPSA) is 122 Å². The van der Waals surface area contributed by atoms with Gasteiger partial charge in [0, 0.05) is 0 Å². The zero-order chi connectivity index (χ0) is 14.6. The molecule has 7 nitrogen and oxygen atoms in total. The highest BCUT2D eigenvalue weighted by atomic mass is 16.4. The maximum absolute atomic E-state index is 11.7. The molecule has 0 aliphatic heterocycles.